The quantitative estimate of drug-likeness (QED) is 0.885. The summed E-state index contributed by atoms with van der Waals surface area (Å²) >= 11 is 0. The second-order valence-corrected chi connectivity index (χ2v) is 4.29. The van der Waals surface area contributed by atoms with Crippen molar-refractivity contribution in [3.63, 3.8) is 0 Å². The monoisotopic (exact) mass is 288 g/mol. The Hall–Kier alpha value is -2.69. The van der Waals surface area contributed by atoms with Crippen molar-refractivity contribution in [3.05, 3.63) is 53.6 Å². The average molecular weight is 288 g/mol. The van der Waals surface area contributed by atoms with Gasteiger partial charge in [0.25, 0.3) is 0 Å². The first-order valence-electron chi connectivity index (χ1n) is 6.31. The molecule has 0 amide bonds. The van der Waals surface area contributed by atoms with Gasteiger partial charge < -0.3 is 19.3 Å². The van der Waals surface area contributed by atoms with Crippen molar-refractivity contribution in [2.75, 3.05) is 14.2 Å². The summed E-state index contributed by atoms with van der Waals surface area (Å²) in [4.78, 5) is 11.3. The summed E-state index contributed by atoms with van der Waals surface area (Å²) < 4.78 is 15.7. The second kappa shape index (κ2) is 6.65. The SMILES string of the molecule is COc1ccc(OCc2ccc(OC)cc2C(=O)O)cc1. The van der Waals surface area contributed by atoms with Crippen LogP contribution in [0.4, 0.5) is 0 Å². The summed E-state index contributed by atoms with van der Waals surface area (Å²) in [5.74, 6) is 0.865. The van der Waals surface area contributed by atoms with Gasteiger partial charge in [-0.05, 0) is 36.4 Å². The van der Waals surface area contributed by atoms with Gasteiger partial charge in [0.1, 0.15) is 23.9 Å². The van der Waals surface area contributed by atoms with Crippen LogP contribution in [-0.4, -0.2) is 25.3 Å². The predicted molar refractivity (Wildman–Crippen MR) is 77.3 cm³/mol. The number of aromatic carboxylic acids is 1. The molecule has 0 aliphatic carbocycles. The maximum atomic E-state index is 11.3. The van der Waals surface area contributed by atoms with E-state index < -0.39 is 5.97 Å². The highest BCUT2D eigenvalue weighted by molar-refractivity contribution is 5.89. The molecule has 1 N–H and O–H groups in total. The van der Waals surface area contributed by atoms with Crippen molar-refractivity contribution in [2.24, 2.45) is 0 Å². The first-order valence-corrected chi connectivity index (χ1v) is 6.31. The van der Waals surface area contributed by atoms with Crippen molar-refractivity contribution >= 4 is 5.97 Å². The van der Waals surface area contributed by atoms with Gasteiger partial charge in [0.2, 0.25) is 0 Å². The smallest absolute Gasteiger partial charge is 0.336 e. The van der Waals surface area contributed by atoms with Gasteiger partial charge >= 0.3 is 5.97 Å². The predicted octanol–water partition coefficient (Wildman–Crippen LogP) is 2.98. The number of hydrogen-bond donors (Lipinski definition) is 1. The summed E-state index contributed by atoms with van der Waals surface area (Å²) in [6.45, 7) is 0.165. The summed E-state index contributed by atoms with van der Waals surface area (Å²) in [6.07, 6.45) is 0. The van der Waals surface area contributed by atoms with E-state index in [-0.39, 0.29) is 12.2 Å². The summed E-state index contributed by atoms with van der Waals surface area (Å²) in [5.41, 5.74) is 0.752. The number of ether oxygens (including phenoxy) is 3. The van der Waals surface area contributed by atoms with Gasteiger partial charge in [-0.25, -0.2) is 4.79 Å². The molecule has 0 bridgehead atoms. The molecule has 0 heterocycles. The van der Waals surface area contributed by atoms with Gasteiger partial charge in [0.05, 0.1) is 19.8 Å². The summed E-state index contributed by atoms with van der Waals surface area (Å²) in [6, 6.07) is 12.0. The number of hydrogen-bond acceptors (Lipinski definition) is 4. The minimum Gasteiger partial charge on any atom is -0.497 e. The lowest BCUT2D eigenvalue weighted by molar-refractivity contribution is 0.0693. The van der Waals surface area contributed by atoms with Crippen LogP contribution in [0.3, 0.4) is 0 Å². The first-order chi connectivity index (χ1) is 10.1. The fraction of sp³-hybridized carbons (Fsp3) is 0.188. The largest absolute Gasteiger partial charge is 0.497 e. The van der Waals surface area contributed by atoms with Crippen LogP contribution >= 0.6 is 0 Å². The van der Waals surface area contributed by atoms with Crippen LogP contribution in [0.15, 0.2) is 42.5 Å². The third-order valence-electron chi connectivity index (χ3n) is 3.00. The number of carbonyl (C=O) groups is 1. The lowest BCUT2D eigenvalue weighted by atomic mass is 10.1. The fourth-order valence-electron chi connectivity index (χ4n) is 1.84. The molecule has 0 atom stereocenters. The Morgan fingerprint density at radius 1 is 0.952 bits per heavy atom. The van der Waals surface area contributed by atoms with Gasteiger partial charge in [-0.1, -0.05) is 6.07 Å². The van der Waals surface area contributed by atoms with Gasteiger partial charge in [-0.2, -0.15) is 0 Å². The molecule has 0 saturated carbocycles. The van der Waals surface area contributed by atoms with Crippen LogP contribution in [0.25, 0.3) is 0 Å². The average Bonchev–Trinajstić information content (AvgIpc) is 2.53. The highest BCUT2D eigenvalue weighted by Crippen LogP contribution is 2.21. The van der Waals surface area contributed by atoms with Crippen LogP contribution in [0, 0.1) is 0 Å². The Balaban J connectivity index is 2.13. The Kier molecular flexibility index (Phi) is 4.66. The van der Waals surface area contributed by atoms with E-state index in [4.69, 9.17) is 14.2 Å². The standard InChI is InChI=1S/C16H16O5/c1-19-12-5-7-13(8-6-12)21-10-11-3-4-14(20-2)9-15(11)16(17)18/h3-9H,10H2,1-2H3,(H,17,18). The van der Waals surface area contributed by atoms with E-state index in [1.165, 1.54) is 13.2 Å². The molecule has 5 nitrogen and oxygen atoms in total. The maximum absolute atomic E-state index is 11.3. The van der Waals surface area contributed by atoms with E-state index >= 15 is 0 Å². The Labute approximate surface area is 122 Å². The van der Waals surface area contributed by atoms with Gasteiger partial charge in [0, 0.05) is 5.56 Å². The molecule has 5 heteroatoms. The Bertz CT molecular complexity index is 619. The summed E-state index contributed by atoms with van der Waals surface area (Å²) in [7, 11) is 3.08. The highest BCUT2D eigenvalue weighted by atomic mass is 16.5. The molecule has 0 radical (unpaired) electrons. The topological polar surface area (TPSA) is 65.0 Å². The van der Waals surface area contributed by atoms with E-state index in [2.05, 4.69) is 0 Å². The van der Waals surface area contributed by atoms with Crippen LogP contribution in [0.1, 0.15) is 15.9 Å². The minimum atomic E-state index is -1.01. The van der Waals surface area contributed by atoms with Gasteiger partial charge in [-0.3, -0.25) is 0 Å². The zero-order valence-electron chi connectivity index (χ0n) is 11.8. The van der Waals surface area contributed by atoms with Crippen molar-refractivity contribution in [1.29, 1.82) is 0 Å². The van der Waals surface area contributed by atoms with E-state index in [9.17, 15) is 9.90 Å². The zero-order chi connectivity index (χ0) is 15.2. The molecule has 0 fully saturated rings. The van der Waals surface area contributed by atoms with Gasteiger partial charge in [0.15, 0.2) is 0 Å². The van der Waals surface area contributed by atoms with Crippen molar-refractivity contribution in [3.8, 4) is 17.2 Å². The number of carboxylic acids is 1. The summed E-state index contributed by atoms with van der Waals surface area (Å²) in [5, 5.41) is 9.22. The normalized spacial score (nSPS) is 10.0. The molecule has 110 valence electrons. The van der Waals surface area contributed by atoms with E-state index in [1.807, 2.05) is 0 Å². The molecule has 0 aromatic heterocycles. The number of carboxylic acid groups (broad SMARTS) is 1. The molecule has 0 aliphatic heterocycles. The number of benzene rings is 2. The van der Waals surface area contributed by atoms with E-state index in [1.54, 1.807) is 43.5 Å². The molecule has 2 rings (SSSR count). The van der Waals surface area contributed by atoms with Crippen molar-refractivity contribution in [1.82, 2.24) is 0 Å². The molecule has 2 aromatic carbocycles. The van der Waals surface area contributed by atoms with E-state index in [0.717, 1.165) is 5.75 Å². The zero-order valence-corrected chi connectivity index (χ0v) is 11.8. The molecule has 2 aromatic rings. The maximum Gasteiger partial charge on any atom is 0.336 e. The third-order valence-corrected chi connectivity index (χ3v) is 3.00. The van der Waals surface area contributed by atoms with Gasteiger partial charge in [-0.15, -0.1) is 0 Å². The Morgan fingerprint density at radius 3 is 2.10 bits per heavy atom. The molecular weight excluding hydrogens is 272 g/mol. The first kappa shape index (κ1) is 14.7. The van der Waals surface area contributed by atoms with Crippen LogP contribution in [0.2, 0.25) is 0 Å². The highest BCUT2D eigenvalue weighted by Gasteiger charge is 2.12. The molecular formula is C16H16O5. The van der Waals surface area contributed by atoms with Crippen LogP contribution in [-0.2, 0) is 6.61 Å². The third kappa shape index (κ3) is 3.66. The van der Waals surface area contributed by atoms with Crippen LogP contribution in [0.5, 0.6) is 17.2 Å². The lowest BCUT2D eigenvalue weighted by Gasteiger charge is -2.10. The minimum absolute atomic E-state index is 0.165. The van der Waals surface area contributed by atoms with E-state index in [0.29, 0.717) is 17.1 Å². The molecule has 0 aliphatic rings. The molecule has 0 saturated heterocycles. The lowest BCUT2D eigenvalue weighted by Crippen LogP contribution is -2.06. The number of rotatable bonds is 6. The fourth-order valence-corrected chi connectivity index (χ4v) is 1.84. The molecule has 0 unspecified atom stereocenters. The Morgan fingerprint density at radius 2 is 1.52 bits per heavy atom. The van der Waals surface area contributed by atoms with Crippen molar-refractivity contribution < 1.29 is 24.1 Å². The van der Waals surface area contributed by atoms with Crippen molar-refractivity contribution in [2.45, 2.75) is 6.61 Å². The second-order valence-electron chi connectivity index (χ2n) is 4.29. The molecule has 21 heavy (non-hydrogen) atoms. The number of methoxy groups -OCH3 is 2. The van der Waals surface area contributed by atoms with Crippen LogP contribution < -0.4 is 14.2 Å². The molecule has 0 spiro atoms.